The largest absolute Gasteiger partial charge is 0.399 e. The zero-order valence-corrected chi connectivity index (χ0v) is 11.7. The Kier molecular flexibility index (Phi) is 3.24. The lowest BCUT2D eigenvalue weighted by molar-refractivity contribution is 0.628. The maximum Gasteiger partial charge on any atom is 0.123 e. The summed E-state index contributed by atoms with van der Waals surface area (Å²) in [7, 11) is 0. The molecule has 0 bridgehead atoms. The Balaban J connectivity index is 2.20. The Bertz CT molecular complexity index is 751. The van der Waals surface area contributed by atoms with Gasteiger partial charge < -0.3 is 5.73 Å². The van der Waals surface area contributed by atoms with Crippen LogP contribution in [-0.2, 0) is 0 Å². The van der Waals surface area contributed by atoms with Gasteiger partial charge in [0, 0.05) is 22.8 Å². The second-order valence-electron chi connectivity index (χ2n) is 4.60. The second kappa shape index (κ2) is 5.06. The van der Waals surface area contributed by atoms with Crippen LogP contribution in [-0.4, -0.2) is 4.98 Å². The van der Waals surface area contributed by atoms with Crippen LogP contribution in [0.2, 0.25) is 0 Å². The van der Waals surface area contributed by atoms with Crippen LogP contribution in [0.5, 0.6) is 0 Å². The van der Waals surface area contributed by atoms with Gasteiger partial charge in [0.25, 0.3) is 0 Å². The van der Waals surface area contributed by atoms with Gasteiger partial charge in [-0.05, 0) is 47.9 Å². The first kappa shape index (κ1) is 12.8. The summed E-state index contributed by atoms with van der Waals surface area (Å²) in [5.41, 5.74) is 10.4. The van der Waals surface area contributed by atoms with Crippen LogP contribution in [0, 0.1) is 12.7 Å². The smallest absolute Gasteiger partial charge is 0.123 e. The van der Waals surface area contributed by atoms with Gasteiger partial charge in [-0.1, -0.05) is 12.1 Å². The van der Waals surface area contributed by atoms with Crippen molar-refractivity contribution in [2.75, 3.05) is 5.73 Å². The van der Waals surface area contributed by atoms with Crippen LogP contribution < -0.4 is 5.73 Å². The number of benzene rings is 2. The molecule has 0 unspecified atom stereocenters. The standard InChI is InChI=1S/C16H13FN2S/c1-10-8-11(2-5-15(10)18)13-4-3-12(17)9-14(13)16-19-6-7-20-16/h2-9H,18H2,1H3. The Morgan fingerprint density at radius 3 is 2.65 bits per heavy atom. The molecule has 3 rings (SSSR count). The van der Waals surface area contributed by atoms with Crippen molar-refractivity contribution >= 4 is 17.0 Å². The van der Waals surface area contributed by atoms with E-state index in [9.17, 15) is 4.39 Å². The van der Waals surface area contributed by atoms with E-state index in [-0.39, 0.29) is 5.82 Å². The SMILES string of the molecule is Cc1cc(-c2ccc(F)cc2-c2nccs2)ccc1N. The van der Waals surface area contributed by atoms with Gasteiger partial charge in [0.15, 0.2) is 0 Å². The van der Waals surface area contributed by atoms with Gasteiger partial charge in [-0.15, -0.1) is 11.3 Å². The number of hydrogen-bond donors (Lipinski definition) is 1. The fraction of sp³-hybridized carbons (Fsp3) is 0.0625. The third-order valence-electron chi connectivity index (χ3n) is 3.23. The zero-order valence-electron chi connectivity index (χ0n) is 10.9. The van der Waals surface area contributed by atoms with Crippen LogP contribution in [0.4, 0.5) is 10.1 Å². The van der Waals surface area contributed by atoms with Crippen LogP contribution in [0.3, 0.4) is 0 Å². The monoisotopic (exact) mass is 284 g/mol. The quantitative estimate of drug-likeness (QED) is 0.703. The minimum absolute atomic E-state index is 0.258. The van der Waals surface area contributed by atoms with E-state index in [0.29, 0.717) is 0 Å². The minimum Gasteiger partial charge on any atom is -0.399 e. The van der Waals surface area contributed by atoms with E-state index in [1.165, 1.54) is 23.5 Å². The van der Waals surface area contributed by atoms with Gasteiger partial charge in [0.1, 0.15) is 10.8 Å². The van der Waals surface area contributed by atoms with Crippen molar-refractivity contribution in [3.05, 3.63) is 59.4 Å². The molecule has 0 spiro atoms. The summed E-state index contributed by atoms with van der Waals surface area (Å²) in [6.07, 6.45) is 1.73. The summed E-state index contributed by atoms with van der Waals surface area (Å²) in [5.74, 6) is -0.258. The lowest BCUT2D eigenvalue weighted by Crippen LogP contribution is -1.91. The third kappa shape index (κ3) is 2.30. The third-order valence-corrected chi connectivity index (χ3v) is 4.03. The number of hydrogen-bond acceptors (Lipinski definition) is 3. The van der Waals surface area contributed by atoms with Crippen molar-refractivity contribution in [2.24, 2.45) is 0 Å². The van der Waals surface area contributed by atoms with Gasteiger partial charge in [-0.25, -0.2) is 9.37 Å². The molecule has 1 heterocycles. The van der Waals surface area contributed by atoms with E-state index >= 15 is 0 Å². The Morgan fingerprint density at radius 2 is 1.95 bits per heavy atom. The van der Waals surface area contributed by atoms with E-state index in [1.807, 2.05) is 30.5 Å². The Labute approximate surface area is 120 Å². The number of nitrogen functional groups attached to an aromatic ring is 1. The molecule has 1 aromatic heterocycles. The molecule has 0 aliphatic carbocycles. The topological polar surface area (TPSA) is 38.9 Å². The lowest BCUT2D eigenvalue weighted by atomic mass is 9.98. The molecule has 0 saturated heterocycles. The summed E-state index contributed by atoms with van der Waals surface area (Å²) in [6, 6.07) is 10.6. The number of thiazole rings is 1. The molecule has 0 fully saturated rings. The average Bonchev–Trinajstić information content (AvgIpc) is 2.96. The van der Waals surface area contributed by atoms with Gasteiger partial charge >= 0.3 is 0 Å². The Morgan fingerprint density at radius 1 is 1.10 bits per heavy atom. The molecule has 4 heteroatoms. The average molecular weight is 284 g/mol. The normalized spacial score (nSPS) is 10.7. The summed E-state index contributed by atoms with van der Waals surface area (Å²) in [4.78, 5) is 4.28. The van der Waals surface area contributed by atoms with Crippen LogP contribution >= 0.6 is 11.3 Å². The van der Waals surface area contributed by atoms with Gasteiger partial charge in [0.05, 0.1) is 0 Å². The highest BCUT2D eigenvalue weighted by atomic mass is 32.1. The fourth-order valence-electron chi connectivity index (χ4n) is 2.14. The van der Waals surface area contributed by atoms with Crippen LogP contribution in [0.25, 0.3) is 21.7 Å². The first-order valence-electron chi connectivity index (χ1n) is 6.21. The predicted octanol–water partition coefficient (Wildman–Crippen LogP) is 4.51. The van der Waals surface area contributed by atoms with Gasteiger partial charge in [-0.2, -0.15) is 0 Å². The molecular formula is C16H13FN2S. The molecule has 0 radical (unpaired) electrons. The van der Waals surface area contributed by atoms with E-state index in [2.05, 4.69) is 4.98 Å². The molecule has 20 heavy (non-hydrogen) atoms. The van der Waals surface area contributed by atoms with Crippen molar-refractivity contribution in [1.29, 1.82) is 0 Å². The van der Waals surface area contributed by atoms with Crippen molar-refractivity contribution in [1.82, 2.24) is 4.98 Å². The predicted molar refractivity (Wildman–Crippen MR) is 82.1 cm³/mol. The maximum atomic E-state index is 13.6. The van der Waals surface area contributed by atoms with Crippen LogP contribution in [0.15, 0.2) is 48.0 Å². The number of anilines is 1. The molecule has 2 nitrogen and oxygen atoms in total. The van der Waals surface area contributed by atoms with E-state index in [1.54, 1.807) is 12.3 Å². The summed E-state index contributed by atoms with van der Waals surface area (Å²) in [6.45, 7) is 1.96. The van der Waals surface area contributed by atoms with Crippen molar-refractivity contribution in [3.63, 3.8) is 0 Å². The summed E-state index contributed by atoms with van der Waals surface area (Å²) >= 11 is 1.50. The molecule has 0 atom stereocenters. The highest BCUT2D eigenvalue weighted by molar-refractivity contribution is 7.13. The Hall–Kier alpha value is -2.20. The van der Waals surface area contributed by atoms with Gasteiger partial charge in [0.2, 0.25) is 0 Å². The highest BCUT2D eigenvalue weighted by Gasteiger charge is 2.11. The lowest BCUT2D eigenvalue weighted by Gasteiger charge is -2.10. The highest BCUT2D eigenvalue weighted by Crippen LogP contribution is 2.34. The molecule has 0 amide bonds. The number of nitrogens with two attached hydrogens (primary N) is 1. The minimum atomic E-state index is -0.258. The van der Waals surface area contributed by atoms with Crippen LogP contribution in [0.1, 0.15) is 5.56 Å². The molecule has 2 aromatic carbocycles. The fourth-order valence-corrected chi connectivity index (χ4v) is 2.81. The molecule has 0 aliphatic rings. The molecule has 2 N–H and O–H groups in total. The van der Waals surface area contributed by atoms with Crippen molar-refractivity contribution in [3.8, 4) is 21.7 Å². The molecular weight excluding hydrogens is 271 g/mol. The number of aromatic nitrogens is 1. The first-order chi connectivity index (χ1) is 9.65. The van der Waals surface area contributed by atoms with Gasteiger partial charge in [-0.3, -0.25) is 0 Å². The first-order valence-corrected chi connectivity index (χ1v) is 7.09. The molecule has 3 aromatic rings. The maximum absolute atomic E-state index is 13.6. The number of nitrogens with zero attached hydrogens (tertiary/aromatic N) is 1. The molecule has 100 valence electrons. The summed E-state index contributed by atoms with van der Waals surface area (Å²) < 4.78 is 13.6. The molecule has 0 aliphatic heterocycles. The second-order valence-corrected chi connectivity index (χ2v) is 5.49. The van der Waals surface area contributed by atoms with E-state index in [4.69, 9.17) is 5.73 Å². The van der Waals surface area contributed by atoms with Crippen molar-refractivity contribution in [2.45, 2.75) is 6.92 Å². The summed E-state index contributed by atoms with van der Waals surface area (Å²) in [5, 5.41) is 2.70. The zero-order chi connectivity index (χ0) is 14.1. The number of aryl methyl sites for hydroxylation is 1. The number of rotatable bonds is 2. The number of halogens is 1. The van der Waals surface area contributed by atoms with Crippen molar-refractivity contribution < 1.29 is 4.39 Å². The molecule has 0 saturated carbocycles. The van der Waals surface area contributed by atoms with E-state index in [0.717, 1.165) is 32.9 Å². The van der Waals surface area contributed by atoms with E-state index < -0.39 is 0 Å².